The molecule has 7 heteroatoms. The topological polar surface area (TPSA) is 60.9 Å². The molecule has 0 unspecified atom stereocenters. The SMILES string of the molecule is O=C(c1csc([C@@H]2COc3ccccc3O2)n1)N1CCOCC1. The molecule has 6 nitrogen and oxygen atoms in total. The van der Waals surface area contributed by atoms with Gasteiger partial charge in [-0.1, -0.05) is 12.1 Å². The van der Waals surface area contributed by atoms with Crippen LogP contribution in [-0.4, -0.2) is 48.7 Å². The number of thiazole rings is 1. The highest BCUT2D eigenvalue weighted by Gasteiger charge is 2.27. The molecule has 2 aromatic rings. The van der Waals surface area contributed by atoms with E-state index in [9.17, 15) is 4.79 Å². The van der Waals surface area contributed by atoms with Gasteiger partial charge < -0.3 is 19.1 Å². The molecule has 1 aromatic heterocycles. The van der Waals surface area contributed by atoms with E-state index in [1.54, 1.807) is 10.3 Å². The van der Waals surface area contributed by atoms with Crippen molar-refractivity contribution in [3.05, 3.63) is 40.3 Å². The lowest BCUT2D eigenvalue weighted by Crippen LogP contribution is -2.40. The Morgan fingerprint density at radius 1 is 1.22 bits per heavy atom. The molecule has 23 heavy (non-hydrogen) atoms. The van der Waals surface area contributed by atoms with Crippen LogP contribution in [0.2, 0.25) is 0 Å². The highest BCUT2D eigenvalue weighted by Crippen LogP contribution is 2.36. The molecule has 0 saturated carbocycles. The minimum absolute atomic E-state index is 0.0482. The van der Waals surface area contributed by atoms with Crippen molar-refractivity contribution >= 4 is 17.2 Å². The molecule has 1 saturated heterocycles. The third-order valence-electron chi connectivity index (χ3n) is 3.82. The quantitative estimate of drug-likeness (QED) is 0.843. The summed E-state index contributed by atoms with van der Waals surface area (Å²) in [6.45, 7) is 2.79. The van der Waals surface area contributed by atoms with Crippen LogP contribution in [0.1, 0.15) is 21.6 Å². The third kappa shape index (κ3) is 2.89. The maximum atomic E-state index is 12.4. The van der Waals surface area contributed by atoms with Gasteiger partial charge in [-0.05, 0) is 12.1 Å². The largest absolute Gasteiger partial charge is 0.485 e. The van der Waals surface area contributed by atoms with Crippen LogP contribution in [0, 0.1) is 0 Å². The summed E-state index contributed by atoms with van der Waals surface area (Å²) in [5.74, 6) is 1.40. The van der Waals surface area contributed by atoms with Crippen LogP contribution < -0.4 is 9.47 Å². The van der Waals surface area contributed by atoms with Crippen LogP contribution in [0.5, 0.6) is 11.5 Å². The van der Waals surface area contributed by atoms with Gasteiger partial charge in [0.15, 0.2) is 17.6 Å². The first-order chi connectivity index (χ1) is 11.3. The number of benzene rings is 1. The number of hydrogen-bond donors (Lipinski definition) is 0. The minimum atomic E-state index is -0.277. The fourth-order valence-electron chi connectivity index (χ4n) is 2.60. The Hall–Kier alpha value is -2.12. The number of carbonyl (C=O) groups excluding carboxylic acids is 1. The van der Waals surface area contributed by atoms with Crippen molar-refractivity contribution < 1.29 is 19.0 Å². The lowest BCUT2D eigenvalue weighted by molar-refractivity contribution is 0.0298. The number of aromatic nitrogens is 1. The molecule has 1 amide bonds. The first kappa shape index (κ1) is 14.5. The molecule has 2 aliphatic rings. The zero-order valence-electron chi connectivity index (χ0n) is 12.4. The molecule has 1 fully saturated rings. The number of morpholine rings is 1. The molecule has 1 atom stereocenters. The highest BCUT2D eigenvalue weighted by molar-refractivity contribution is 7.09. The van der Waals surface area contributed by atoms with E-state index in [4.69, 9.17) is 14.2 Å². The Morgan fingerprint density at radius 2 is 2.00 bits per heavy atom. The second-order valence-electron chi connectivity index (χ2n) is 5.34. The summed E-state index contributed by atoms with van der Waals surface area (Å²) in [7, 11) is 0. The van der Waals surface area contributed by atoms with Crippen LogP contribution in [0.25, 0.3) is 0 Å². The number of carbonyl (C=O) groups is 1. The smallest absolute Gasteiger partial charge is 0.273 e. The number of ether oxygens (including phenoxy) is 3. The van der Waals surface area contributed by atoms with Crippen LogP contribution in [0.15, 0.2) is 29.6 Å². The van der Waals surface area contributed by atoms with Crippen LogP contribution in [-0.2, 0) is 4.74 Å². The maximum Gasteiger partial charge on any atom is 0.273 e. The Kier molecular flexibility index (Phi) is 3.88. The second kappa shape index (κ2) is 6.17. The van der Waals surface area contributed by atoms with E-state index in [1.807, 2.05) is 24.3 Å². The summed E-state index contributed by atoms with van der Waals surface area (Å²) in [6.07, 6.45) is -0.277. The van der Waals surface area contributed by atoms with Gasteiger partial charge in [0.25, 0.3) is 5.91 Å². The van der Waals surface area contributed by atoms with Gasteiger partial charge in [0.1, 0.15) is 17.3 Å². The standard InChI is InChI=1S/C16H16N2O4S/c19-16(18-5-7-20-8-6-18)11-10-23-15(17-11)14-9-21-12-3-1-2-4-13(12)22-14/h1-4,10,14H,5-9H2/t14-/m0/s1. The first-order valence-corrected chi connectivity index (χ1v) is 8.40. The molecule has 2 aliphatic heterocycles. The highest BCUT2D eigenvalue weighted by atomic mass is 32.1. The van der Waals surface area contributed by atoms with Crippen LogP contribution in [0.4, 0.5) is 0 Å². The van der Waals surface area contributed by atoms with E-state index in [2.05, 4.69) is 4.98 Å². The van der Waals surface area contributed by atoms with Crippen molar-refractivity contribution in [1.82, 2.24) is 9.88 Å². The first-order valence-electron chi connectivity index (χ1n) is 7.52. The van der Waals surface area contributed by atoms with E-state index in [0.29, 0.717) is 44.4 Å². The van der Waals surface area contributed by atoms with Crippen LogP contribution >= 0.6 is 11.3 Å². The number of amides is 1. The van der Waals surface area contributed by atoms with E-state index in [-0.39, 0.29) is 12.0 Å². The third-order valence-corrected chi connectivity index (χ3v) is 4.76. The molecular formula is C16H16N2O4S. The number of para-hydroxylation sites is 2. The summed E-state index contributed by atoms with van der Waals surface area (Å²) >= 11 is 1.43. The summed E-state index contributed by atoms with van der Waals surface area (Å²) in [5, 5.41) is 2.55. The Labute approximate surface area is 137 Å². The number of fused-ring (bicyclic) bond motifs is 1. The number of nitrogens with zero attached hydrogens (tertiary/aromatic N) is 2. The predicted octanol–water partition coefficient (Wildman–Crippen LogP) is 2.13. The Balaban J connectivity index is 1.49. The fraction of sp³-hybridized carbons (Fsp3) is 0.375. The molecule has 0 N–H and O–H groups in total. The van der Waals surface area contributed by atoms with Crippen molar-refractivity contribution in [2.45, 2.75) is 6.10 Å². The van der Waals surface area contributed by atoms with Gasteiger partial charge in [-0.2, -0.15) is 0 Å². The minimum Gasteiger partial charge on any atom is -0.485 e. The summed E-state index contributed by atoms with van der Waals surface area (Å²) in [4.78, 5) is 18.7. The van der Waals surface area contributed by atoms with Crippen molar-refractivity contribution in [3.8, 4) is 11.5 Å². The van der Waals surface area contributed by atoms with Gasteiger partial charge in [-0.3, -0.25) is 4.79 Å². The molecule has 4 rings (SSSR count). The zero-order chi connectivity index (χ0) is 15.6. The van der Waals surface area contributed by atoms with Crippen molar-refractivity contribution in [1.29, 1.82) is 0 Å². The number of hydrogen-bond acceptors (Lipinski definition) is 6. The summed E-state index contributed by atoms with van der Waals surface area (Å²) < 4.78 is 16.9. The van der Waals surface area contributed by atoms with Gasteiger partial charge in [-0.15, -0.1) is 11.3 Å². The van der Waals surface area contributed by atoms with E-state index < -0.39 is 0 Å². The Morgan fingerprint density at radius 3 is 2.83 bits per heavy atom. The van der Waals surface area contributed by atoms with Crippen molar-refractivity contribution in [2.75, 3.05) is 32.9 Å². The van der Waals surface area contributed by atoms with E-state index in [0.717, 1.165) is 10.8 Å². The van der Waals surface area contributed by atoms with Gasteiger partial charge in [0, 0.05) is 18.5 Å². The summed E-state index contributed by atoms with van der Waals surface area (Å²) in [5.41, 5.74) is 0.467. The predicted molar refractivity (Wildman–Crippen MR) is 84.1 cm³/mol. The molecule has 1 aromatic carbocycles. The van der Waals surface area contributed by atoms with Gasteiger partial charge in [0.05, 0.1) is 13.2 Å². The monoisotopic (exact) mass is 332 g/mol. The van der Waals surface area contributed by atoms with E-state index >= 15 is 0 Å². The summed E-state index contributed by atoms with van der Waals surface area (Å²) in [6, 6.07) is 7.56. The maximum absolute atomic E-state index is 12.4. The van der Waals surface area contributed by atoms with Crippen molar-refractivity contribution in [2.24, 2.45) is 0 Å². The second-order valence-corrected chi connectivity index (χ2v) is 6.23. The average molecular weight is 332 g/mol. The average Bonchev–Trinajstić information content (AvgIpc) is 3.11. The lowest BCUT2D eigenvalue weighted by atomic mass is 10.2. The molecule has 3 heterocycles. The molecule has 0 aliphatic carbocycles. The fourth-order valence-corrected chi connectivity index (χ4v) is 3.41. The molecule has 0 bridgehead atoms. The lowest BCUT2D eigenvalue weighted by Gasteiger charge is -2.26. The zero-order valence-corrected chi connectivity index (χ0v) is 13.3. The van der Waals surface area contributed by atoms with E-state index in [1.165, 1.54) is 11.3 Å². The van der Waals surface area contributed by atoms with Gasteiger partial charge in [-0.25, -0.2) is 4.98 Å². The Bertz CT molecular complexity index is 712. The van der Waals surface area contributed by atoms with Crippen molar-refractivity contribution in [3.63, 3.8) is 0 Å². The molecule has 0 radical (unpaired) electrons. The molecule has 0 spiro atoms. The molecular weight excluding hydrogens is 316 g/mol. The van der Waals surface area contributed by atoms with Crippen LogP contribution in [0.3, 0.4) is 0 Å². The van der Waals surface area contributed by atoms with Gasteiger partial charge >= 0.3 is 0 Å². The van der Waals surface area contributed by atoms with Gasteiger partial charge in [0.2, 0.25) is 0 Å². The number of rotatable bonds is 2. The normalized spacial score (nSPS) is 20.3. The molecule has 120 valence electrons.